The van der Waals surface area contributed by atoms with Crippen molar-refractivity contribution in [2.75, 3.05) is 4.90 Å². The van der Waals surface area contributed by atoms with Gasteiger partial charge in [-0.05, 0) is 116 Å². The van der Waals surface area contributed by atoms with Gasteiger partial charge < -0.3 is 9.32 Å². The van der Waals surface area contributed by atoms with E-state index in [1.165, 1.54) is 70.2 Å². The Balaban J connectivity index is 0.943. The predicted molar refractivity (Wildman–Crippen MR) is 269 cm³/mol. The van der Waals surface area contributed by atoms with Crippen LogP contribution in [-0.4, -0.2) is 0 Å². The summed E-state index contributed by atoms with van der Waals surface area (Å²) in [6.07, 6.45) is 0. The van der Waals surface area contributed by atoms with E-state index in [4.69, 9.17) is 4.42 Å². The number of nitrogens with zero attached hydrogens (tertiary/aromatic N) is 1. The molecule has 0 N–H and O–H groups in total. The van der Waals surface area contributed by atoms with Gasteiger partial charge in [0.25, 0.3) is 0 Å². The molecule has 300 valence electrons. The first-order valence-electron chi connectivity index (χ1n) is 21.9. The Morgan fingerprint density at radius 3 is 1.77 bits per heavy atom. The average Bonchev–Trinajstić information content (AvgIpc) is 4.04. The van der Waals surface area contributed by atoms with E-state index in [2.05, 4.69) is 241 Å². The molecule has 1 aliphatic rings. The van der Waals surface area contributed by atoms with E-state index in [0.29, 0.717) is 0 Å². The number of hydrogen-bond donors (Lipinski definition) is 0. The molecule has 0 spiro atoms. The third-order valence-corrected chi connectivity index (χ3v) is 14.5. The van der Waals surface area contributed by atoms with Crippen molar-refractivity contribution >= 4 is 70.5 Å². The summed E-state index contributed by atoms with van der Waals surface area (Å²) >= 11 is 1.82. The van der Waals surface area contributed by atoms with Crippen LogP contribution in [0.2, 0.25) is 0 Å². The van der Waals surface area contributed by atoms with Gasteiger partial charge in [-0.15, -0.1) is 11.3 Å². The number of para-hydroxylation sites is 2. The first-order valence-corrected chi connectivity index (χ1v) is 22.7. The number of anilines is 3. The van der Waals surface area contributed by atoms with Crippen LogP contribution in [0.1, 0.15) is 22.3 Å². The lowest BCUT2D eigenvalue weighted by molar-refractivity contribution is 0.673. The minimum Gasteiger partial charge on any atom is -0.455 e. The van der Waals surface area contributed by atoms with Crippen LogP contribution in [0.4, 0.5) is 17.1 Å². The highest BCUT2D eigenvalue weighted by Crippen LogP contribution is 2.57. The van der Waals surface area contributed by atoms with Gasteiger partial charge in [-0.25, -0.2) is 0 Å². The van der Waals surface area contributed by atoms with Crippen LogP contribution in [0.5, 0.6) is 0 Å². The Morgan fingerprint density at radius 1 is 0.375 bits per heavy atom. The number of benzene rings is 10. The second kappa shape index (κ2) is 14.6. The van der Waals surface area contributed by atoms with Crippen molar-refractivity contribution in [3.63, 3.8) is 0 Å². The summed E-state index contributed by atoms with van der Waals surface area (Å²) in [7, 11) is 0. The second-order valence-electron chi connectivity index (χ2n) is 16.8. The molecule has 12 aromatic rings. The summed E-state index contributed by atoms with van der Waals surface area (Å²) in [6, 6.07) is 86.4. The summed E-state index contributed by atoms with van der Waals surface area (Å²) in [6.45, 7) is 0. The van der Waals surface area contributed by atoms with Crippen molar-refractivity contribution in [2.45, 2.75) is 5.41 Å². The highest BCUT2D eigenvalue weighted by atomic mass is 32.1. The van der Waals surface area contributed by atoms with Crippen molar-refractivity contribution in [3.8, 4) is 33.4 Å². The number of furan rings is 1. The van der Waals surface area contributed by atoms with E-state index >= 15 is 0 Å². The summed E-state index contributed by atoms with van der Waals surface area (Å²) in [5.74, 6) is 0. The molecule has 0 aliphatic heterocycles. The zero-order chi connectivity index (χ0) is 42.2. The fraction of sp³-hybridized carbons (Fsp3) is 0.0164. The molecule has 10 aromatic carbocycles. The lowest BCUT2D eigenvalue weighted by Gasteiger charge is -2.35. The van der Waals surface area contributed by atoms with Gasteiger partial charge >= 0.3 is 0 Å². The molecule has 0 amide bonds. The number of hydrogen-bond acceptors (Lipinski definition) is 3. The van der Waals surface area contributed by atoms with Crippen LogP contribution in [-0.2, 0) is 5.41 Å². The second-order valence-corrected chi connectivity index (χ2v) is 17.8. The summed E-state index contributed by atoms with van der Waals surface area (Å²) in [5, 5.41) is 4.81. The van der Waals surface area contributed by atoms with Crippen LogP contribution >= 0.6 is 11.3 Å². The molecule has 2 heterocycles. The maximum Gasteiger partial charge on any atom is 0.153 e. The van der Waals surface area contributed by atoms with E-state index in [1.807, 2.05) is 11.3 Å². The average molecular weight is 834 g/mol. The minimum atomic E-state index is -0.488. The zero-order valence-corrected chi connectivity index (χ0v) is 35.6. The van der Waals surface area contributed by atoms with Crippen molar-refractivity contribution in [2.24, 2.45) is 0 Å². The Hall–Kier alpha value is -7.98. The largest absolute Gasteiger partial charge is 0.455 e. The molecule has 2 aromatic heterocycles. The van der Waals surface area contributed by atoms with Crippen LogP contribution in [0.15, 0.2) is 241 Å². The molecule has 0 fully saturated rings. The maximum atomic E-state index is 6.57. The smallest absolute Gasteiger partial charge is 0.153 e. The molecular weight excluding hydrogens is 795 g/mol. The molecule has 3 heteroatoms. The van der Waals surface area contributed by atoms with Crippen molar-refractivity contribution in [1.29, 1.82) is 0 Å². The minimum absolute atomic E-state index is 0.488. The first-order chi connectivity index (χ1) is 31.7. The molecule has 2 nitrogen and oxygen atoms in total. The van der Waals surface area contributed by atoms with Crippen LogP contribution in [0, 0.1) is 0 Å². The van der Waals surface area contributed by atoms with Gasteiger partial charge in [0, 0.05) is 43.3 Å². The molecule has 64 heavy (non-hydrogen) atoms. The summed E-state index contributed by atoms with van der Waals surface area (Å²) in [4.78, 5) is 2.40. The van der Waals surface area contributed by atoms with Gasteiger partial charge in [-0.1, -0.05) is 176 Å². The van der Waals surface area contributed by atoms with Crippen molar-refractivity contribution in [3.05, 3.63) is 259 Å². The number of rotatable bonds is 7. The van der Waals surface area contributed by atoms with E-state index in [0.717, 1.165) is 44.6 Å². The highest BCUT2D eigenvalue weighted by Gasteiger charge is 2.46. The first kappa shape index (κ1) is 36.7. The molecule has 0 atom stereocenters. The third-order valence-electron chi connectivity index (χ3n) is 13.3. The lowest BCUT2D eigenvalue weighted by atomic mass is 9.67. The van der Waals surface area contributed by atoms with Gasteiger partial charge in [-0.3, -0.25) is 0 Å². The summed E-state index contributed by atoms with van der Waals surface area (Å²) in [5.41, 5.74) is 17.1. The molecule has 0 saturated heterocycles. The molecule has 0 radical (unpaired) electrons. The molecule has 0 bridgehead atoms. The van der Waals surface area contributed by atoms with E-state index in [1.54, 1.807) is 0 Å². The summed E-state index contributed by atoms with van der Waals surface area (Å²) < 4.78 is 9.03. The lowest BCUT2D eigenvalue weighted by Crippen LogP contribution is -2.28. The Kier molecular flexibility index (Phi) is 8.34. The maximum absolute atomic E-state index is 6.57. The number of fused-ring (bicyclic) bond motifs is 10. The van der Waals surface area contributed by atoms with E-state index in [9.17, 15) is 0 Å². The highest BCUT2D eigenvalue weighted by molar-refractivity contribution is 7.26. The van der Waals surface area contributed by atoms with E-state index in [-0.39, 0.29) is 0 Å². The predicted octanol–water partition coefficient (Wildman–Crippen LogP) is 17.1. The van der Waals surface area contributed by atoms with Crippen molar-refractivity contribution < 1.29 is 4.42 Å². The SMILES string of the molecule is c1ccc(N(c2ccc(-c3cccc(-c4cc5c6ccccc6oc5c5sc6ccccc6c45)c3)cc2)c2ccc3c(c2)C(c2ccccc2)(c2ccccc2)c2ccccc2-3)cc1. The van der Waals surface area contributed by atoms with Gasteiger partial charge in [0.2, 0.25) is 0 Å². The van der Waals surface area contributed by atoms with Crippen LogP contribution < -0.4 is 4.90 Å². The number of thiophene rings is 1. The molecule has 0 unspecified atom stereocenters. The normalized spacial score (nSPS) is 12.8. The van der Waals surface area contributed by atoms with Crippen molar-refractivity contribution in [1.82, 2.24) is 0 Å². The topological polar surface area (TPSA) is 16.4 Å². The van der Waals surface area contributed by atoms with Gasteiger partial charge in [0.05, 0.1) is 10.1 Å². The molecule has 0 saturated carbocycles. The van der Waals surface area contributed by atoms with Gasteiger partial charge in [0.1, 0.15) is 5.58 Å². The van der Waals surface area contributed by atoms with Crippen LogP contribution in [0.25, 0.3) is 75.5 Å². The fourth-order valence-electron chi connectivity index (χ4n) is 10.6. The Morgan fingerprint density at radius 2 is 0.984 bits per heavy atom. The van der Waals surface area contributed by atoms with Gasteiger partial charge in [-0.2, -0.15) is 0 Å². The molecule has 13 rings (SSSR count). The van der Waals surface area contributed by atoms with Gasteiger partial charge in [0.15, 0.2) is 5.58 Å². The quantitative estimate of drug-likeness (QED) is 0.159. The molecular formula is C61H39NOS. The fourth-order valence-corrected chi connectivity index (χ4v) is 11.8. The monoisotopic (exact) mass is 833 g/mol. The Labute approximate surface area is 375 Å². The standard InChI is InChI=1S/C61H39NOS/c1-4-19-43(20-5-1)61(44-21-6-2-7-22-44)54-28-13-10-25-48(54)49-36-35-47(38-55(49)61)62(45-23-8-3-9-24-45)46-33-31-40(32-34-46)41-17-16-18-42(37-41)52-39-53-50-26-11-14-29-56(50)63-59(53)60-58(52)51-27-12-15-30-57(51)64-60/h1-39H. The molecule has 1 aliphatic carbocycles. The third kappa shape index (κ3) is 5.51. The van der Waals surface area contributed by atoms with E-state index < -0.39 is 5.41 Å². The van der Waals surface area contributed by atoms with Crippen LogP contribution in [0.3, 0.4) is 0 Å². The Bertz CT molecular complexity index is 3680. The zero-order valence-electron chi connectivity index (χ0n) is 34.8.